The van der Waals surface area contributed by atoms with Crippen molar-refractivity contribution in [1.82, 2.24) is 24.8 Å². The molecule has 2 aliphatic heterocycles. The van der Waals surface area contributed by atoms with Gasteiger partial charge in [-0.2, -0.15) is 0 Å². The number of para-hydroxylation sites is 1. The highest BCUT2D eigenvalue weighted by atomic mass is 19.1. The Morgan fingerprint density at radius 1 is 1.24 bits per heavy atom. The van der Waals surface area contributed by atoms with Gasteiger partial charge < -0.3 is 24.4 Å². The molecule has 2 saturated heterocycles. The highest BCUT2D eigenvalue weighted by Gasteiger charge is 2.51. The number of aromatic nitrogens is 3. The number of likely N-dealkylation sites (tertiary alicyclic amines) is 1. The van der Waals surface area contributed by atoms with Crippen molar-refractivity contribution >= 4 is 12.0 Å². The third kappa shape index (κ3) is 7.06. The first kappa shape index (κ1) is 30.9. The van der Waals surface area contributed by atoms with Crippen molar-refractivity contribution in [3.63, 3.8) is 0 Å². The van der Waals surface area contributed by atoms with Crippen LogP contribution in [0.3, 0.4) is 0 Å². The van der Waals surface area contributed by atoms with E-state index < -0.39 is 29.4 Å². The molecule has 2 aliphatic rings. The van der Waals surface area contributed by atoms with Crippen LogP contribution >= 0.6 is 0 Å². The zero-order chi connectivity index (χ0) is 29.9. The summed E-state index contributed by atoms with van der Waals surface area (Å²) in [6, 6.07) is 5.46. The summed E-state index contributed by atoms with van der Waals surface area (Å²) in [4.78, 5) is 30.4. The molecule has 10 nitrogen and oxygen atoms in total. The predicted molar refractivity (Wildman–Crippen MR) is 152 cm³/mol. The van der Waals surface area contributed by atoms with Gasteiger partial charge in [0.2, 0.25) is 0 Å². The molecular weight excluding hydrogens is 529 g/mol. The molecule has 2 fully saturated rings. The first-order valence-corrected chi connectivity index (χ1v) is 14.5. The molecule has 3 heterocycles. The summed E-state index contributed by atoms with van der Waals surface area (Å²) in [6.45, 7) is 12.1. The summed E-state index contributed by atoms with van der Waals surface area (Å²) in [7, 11) is 1.64. The number of benzene rings is 1. The molecule has 1 aromatic carbocycles. The zero-order valence-electron chi connectivity index (χ0n) is 25.0. The lowest BCUT2D eigenvalue weighted by atomic mass is 9.73. The smallest absolute Gasteiger partial charge is 0.407 e. The van der Waals surface area contributed by atoms with E-state index in [1.54, 1.807) is 30.2 Å². The number of epoxide rings is 1. The molecule has 2 aromatic rings. The standard InChI is InChI=1S/C30H44FN5O5/c1-19(2)16-34(24-15-20(25-18-41-25)17-35(29(38)39)27(24)30(3,4)5)28(37)26-23(13-9-10-14-40-6)36(33-32-26)22-12-8-7-11-21(22)31/h7-8,11-12,19-20,24-25,27H,9-10,13-18H2,1-6H3,(H,38,39)/t20-,24+,25?,27?/m1/s1. The third-order valence-corrected chi connectivity index (χ3v) is 7.98. The lowest BCUT2D eigenvalue weighted by Gasteiger charge is -2.52. The Morgan fingerprint density at radius 2 is 1.95 bits per heavy atom. The van der Waals surface area contributed by atoms with E-state index in [0.717, 1.165) is 6.42 Å². The number of carbonyl (C=O) groups is 2. The quantitative estimate of drug-likeness (QED) is 0.307. The van der Waals surface area contributed by atoms with E-state index >= 15 is 0 Å². The molecule has 0 aliphatic carbocycles. The van der Waals surface area contributed by atoms with Crippen LogP contribution in [-0.4, -0.2) is 93.5 Å². The average molecular weight is 574 g/mol. The number of ether oxygens (including phenoxy) is 2. The lowest BCUT2D eigenvalue weighted by Crippen LogP contribution is -2.65. The van der Waals surface area contributed by atoms with Gasteiger partial charge in [0.05, 0.1) is 30.5 Å². The fraction of sp³-hybridized carbons (Fsp3) is 0.667. The van der Waals surface area contributed by atoms with Crippen molar-refractivity contribution in [3.8, 4) is 5.69 Å². The van der Waals surface area contributed by atoms with E-state index in [9.17, 15) is 19.1 Å². The molecule has 0 saturated carbocycles. The van der Waals surface area contributed by atoms with Gasteiger partial charge in [-0.1, -0.05) is 52.0 Å². The summed E-state index contributed by atoms with van der Waals surface area (Å²) in [6.07, 6.45) is 1.53. The first-order valence-electron chi connectivity index (χ1n) is 14.5. The van der Waals surface area contributed by atoms with Crippen LogP contribution in [0.15, 0.2) is 24.3 Å². The molecule has 0 radical (unpaired) electrons. The molecule has 4 atom stereocenters. The van der Waals surface area contributed by atoms with Crippen molar-refractivity contribution in [3.05, 3.63) is 41.5 Å². The SMILES string of the molecule is COCCCCc1c(C(=O)N(CC(C)C)[C@H]2C[C@@H](C3CO3)CN(C(=O)O)C2C(C)(C)C)nnn1-c1ccccc1F. The first-order chi connectivity index (χ1) is 19.4. The second kappa shape index (κ2) is 12.9. The molecule has 2 amide bonds. The van der Waals surface area contributed by atoms with Gasteiger partial charge in [0, 0.05) is 32.7 Å². The number of hydrogen-bond acceptors (Lipinski definition) is 6. The Hall–Kier alpha value is -3.05. The minimum Gasteiger partial charge on any atom is -0.465 e. The van der Waals surface area contributed by atoms with Gasteiger partial charge in [-0.25, -0.2) is 13.9 Å². The van der Waals surface area contributed by atoms with Crippen LogP contribution in [0.4, 0.5) is 9.18 Å². The van der Waals surface area contributed by atoms with Crippen molar-refractivity contribution in [2.75, 3.05) is 33.4 Å². The van der Waals surface area contributed by atoms with Crippen LogP contribution in [0.1, 0.15) is 70.1 Å². The summed E-state index contributed by atoms with van der Waals surface area (Å²) >= 11 is 0. The topological polar surface area (TPSA) is 113 Å². The van der Waals surface area contributed by atoms with Crippen molar-refractivity contribution in [1.29, 1.82) is 0 Å². The van der Waals surface area contributed by atoms with E-state index in [1.807, 2.05) is 34.6 Å². The second-order valence-electron chi connectivity index (χ2n) is 12.7. The Bertz CT molecular complexity index is 1210. The van der Waals surface area contributed by atoms with Crippen LogP contribution in [0.25, 0.3) is 5.69 Å². The van der Waals surface area contributed by atoms with Crippen molar-refractivity contribution in [2.45, 2.75) is 78.5 Å². The Morgan fingerprint density at radius 3 is 2.54 bits per heavy atom. The molecule has 11 heteroatoms. The zero-order valence-corrected chi connectivity index (χ0v) is 25.0. The van der Waals surface area contributed by atoms with Crippen LogP contribution in [0.2, 0.25) is 0 Å². The second-order valence-corrected chi connectivity index (χ2v) is 12.7. The molecule has 1 aromatic heterocycles. The normalized spacial score (nSPS) is 22.7. The number of hydrogen-bond donors (Lipinski definition) is 1. The number of carboxylic acid groups (broad SMARTS) is 1. The van der Waals surface area contributed by atoms with Gasteiger partial charge in [-0.3, -0.25) is 4.79 Å². The fourth-order valence-corrected chi connectivity index (χ4v) is 6.17. The van der Waals surface area contributed by atoms with Crippen LogP contribution < -0.4 is 0 Å². The molecular formula is C30H44FN5O5. The average Bonchev–Trinajstić information content (AvgIpc) is 3.68. The summed E-state index contributed by atoms with van der Waals surface area (Å²) in [5.74, 6) is -0.676. The Labute approximate surface area is 241 Å². The van der Waals surface area contributed by atoms with Gasteiger partial charge >= 0.3 is 6.09 Å². The number of methoxy groups -OCH3 is 1. The molecule has 4 rings (SSSR count). The lowest BCUT2D eigenvalue weighted by molar-refractivity contribution is -0.0275. The monoisotopic (exact) mass is 573 g/mol. The summed E-state index contributed by atoms with van der Waals surface area (Å²) < 4.78 is 27.1. The van der Waals surface area contributed by atoms with Gasteiger partial charge in [0.1, 0.15) is 11.5 Å². The number of nitrogens with zero attached hydrogens (tertiary/aromatic N) is 5. The number of halogens is 1. The molecule has 0 bridgehead atoms. The number of amides is 2. The highest BCUT2D eigenvalue weighted by molar-refractivity contribution is 5.94. The molecule has 0 spiro atoms. The highest BCUT2D eigenvalue weighted by Crippen LogP contribution is 2.41. The van der Waals surface area contributed by atoms with Crippen LogP contribution in [0, 0.1) is 23.1 Å². The van der Waals surface area contributed by atoms with Crippen molar-refractivity contribution < 1.29 is 28.6 Å². The maximum atomic E-state index is 14.9. The number of rotatable bonds is 11. The van der Waals surface area contributed by atoms with Gasteiger partial charge in [-0.05, 0) is 49.1 Å². The maximum Gasteiger partial charge on any atom is 0.407 e. The largest absolute Gasteiger partial charge is 0.465 e. The van der Waals surface area contributed by atoms with E-state index in [4.69, 9.17) is 9.47 Å². The van der Waals surface area contributed by atoms with Gasteiger partial charge in [-0.15, -0.1) is 5.10 Å². The van der Waals surface area contributed by atoms with E-state index in [2.05, 4.69) is 10.3 Å². The summed E-state index contributed by atoms with van der Waals surface area (Å²) in [5.41, 5.74) is 0.488. The van der Waals surface area contributed by atoms with Gasteiger partial charge in [0.25, 0.3) is 5.91 Å². The predicted octanol–water partition coefficient (Wildman–Crippen LogP) is 4.66. The van der Waals surface area contributed by atoms with E-state index in [1.165, 1.54) is 15.6 Å². The van der Waals surface area contributed by atoms with Crippen LogP contribution in [0.5, 0.6) is 0 Å². The van der Waals surface area contributed by atoms with Gasteiger partial charge in [0.15, 0.2) is 5.69 Å². The molecule has 41 heavy (non-hydrogen) atoms. The molecule has 2 unspecified atom stereocenters. The summed E-state index contributed by atoms with van der Waals surface area (Å²) in [5, 5.41) is 18.9. The Balaban J connectivity index is 1.78. The fourth-order valence-electron chi connectivity index (χ4n) is 6.17. The molecule has 226 valence electrons. The van der Waals surface area contributed by atoms with E-state index in [0.29, 0.717) is 51.3 Å². The number of piperidine rings is 1. The minimum absolute atomic E-state index is 0.00505. The third-order valence-electron chi connectivity index (χ3n) is 7.98. The number of carbonyl (C=O) groups excluding carboxylic acids is 1. The van der Waals surface area contributed by atoms with Crippen molar-refractivity contribution in [2.24, 2.45) is 17.3 Å². The minimum atomic E-state index is -0.999. The molecule has 1 N–H and O–H groups in total. The number of unbranched alkanes of at least 4 members (excludes halogenated alkanes) is 1. The van der Waals surface area contributed by atoms with Crippen LogP contribution in [-0.2, 0) is 15.9 Å². The Kier molecular flexibility index (Phi) is 9.69. The van der Waals surface area contributed by atoms with E-state index in [-0.39, 0.29) is 35.2 Å². The maximum absolute atomic E-state index is 14.9.